The molecule has 1 amide bonds. The third kappa shape index (κ3) is 4.20. The third-order valence-corrected chi connectivity index (χ3v) is 5.90. The van der Waals surface area contributed by atoms with Crippen LogP contribution in [0.5, 0.6) is 11.5 Å². The summed E-state index contributed by atoms with van der Waals surface area (Å²) >= 11 is 1.27. The van der Waals surface area contributed by atoms with E-state index < -0.39 is 17.7 Å². The Hall–Kier alpha value is -2.84. The number of methoxy groups -OCH3 is 2. The molecule has 1 atom stereocenters. The molecule has 7 nitrogen and oxygen atoms in total. The molecule has 0 bridgehead atoms. The zero-order valence-electron chi connectivity index (χ0n) is 17.5. The van der Waals surface area contributed by atoms with Crippen LogP contribution in [0.25, 0.3) is 0 Å². The molecule has 1 unspecified atom stereocenters. The Bertz CT molecular complexity index is 952. The van der Waals surface area contributed by atoms with Gasteiger partial charge < -0.3 is 24.4 Å². The lowest BCUT2D eigenvalue weighted by atomic mass is 9.94. The van der Waals surface area contributed by atoms with Crippen LogP contribution in [-0.2, 0) is 4.79 Å². The molecule has 1 N–H and O–H groups in total. The minimum Gasteiger partial charge on any atom is -0.503 e. The molecule has 3 rings (SSSR count). The fourth-order valence-corrected chi connectivity index (χ4v) is 4.27. The fraction of sp³-hybridized carbons (Fsp3) is 0.364. The lowest BCUT2D eigenvalue weighted by Gasteiger charge is -2.28. The minimum atomic E-state index is -0.765. The molecule has 160 valence electrons. The predicted octanol–water partition coefficient (Wildman–Crippen LogP) is 3.30. The number of Topliss-reactive ketones (excluding diaryl/α,β-unsaturated/α-hetero) is 1. The van der Waals surface area contributed by atoms with Crippen molar-refractivity contribution >= 4 is 23.0 Å². The maximum Gasteiger partial charge on any atom is 0.290 e. The highest BCUT2D eigenvalue weighted by atomic mass is 32.1. The van der Waals surface area contributed by atoms with Gasteiger partial charge in [-0.3, -0.25) is 9.59 Å². The summed E-state index contributed by atoms with van der Waals surface area (Å²) in [6.45, 7) is 1.15. The number of amides is 1. The number of benzene rings is 1. The van der Waals surface area contributed by atoms with Crippen LogP contribution in [0.4, 0.5) is 0 Å². The zero-order valence-corrected chi connectivity index (χ0v) is 18.4. The van der Waals surface area contributed by atoms with Crippen LogP contribution >= 0.6 is 11.3 Å². The number of aliphatic hydroxyl groups excluding tert-OH is 1. The molecule has 30 heavy (non-hydrogen) atoms. The van der Waals surface area contributed by atoms with Crippen molar-refractivity contribution in [3.63, 3.8) is 0 Å². The molecular weight excluding hydrogens is 404 g/mol. The Labute approximate surface area is 180 Å². The average molecular weight is 431 g/mol. The molecule has 0 spiro atoms. The smallest absolute Gasteiger partial charge is 0.290 e. The van der Waals surface area contributed by atoms with Gasteiger partial charge in [-0.25, -0.2) is 0 Å². The van der Waals surface area contributed by atoms with Gasteiger partial charge in [0.2, 0.25) is 5.78 Å². The number of ether oxygens (including phenoxy) is 2. The minimum absolute atomic E-state index is 0.0684. The maximum absolute atomic E-state index is 13.3. The van der Waals surface area contributed by atoms with Crippen LogP contribution in [-0.4, -0.2) is 68.0 Å². The van der Waals surface area contributed by atoms with E-state index in [1.165, 1.54) is 23.3 Å². The van der Waals surface area contributed by atoms with Gasteiger partial charge in [-0.2, -0.15) is 0 Å². The molecule has 0 saturated carbocycles. The number of hydrogen-bond acceptors (Lipinski definition) is 7. The molecule has 0 aliphatic carbocycles. The number of rotatable bonds is 9. The van der Waals surface area contributed by atoms with Crippen LogP contribution in [0.15, 0.2) is 47.0 Å². The molecule has 1 aromatic heterocycles. The Kier molecular flexibility index (Phi) is 6.79. The average Bonchev–Trinajstić information content (AvgIpc) is 3.35. The van der Waals surface area contributed by atoms with Gasteiger partial charge in [-0.1, -0.05) is 6.07 Å². The molecule has 0 saturated heterocycles. The molecule has 1 aliphatic rings. The summed E-state index contributed by atoms with van der Waals surface area (Å²) in [5.74, 6) is -0.337. The first kappa shape index (κ1) is 21.9. The van der Waals surface area contributed by atoms with Crippen LogP contribution < -0.4 is 9.47 Å². The van der Waals surface area contributed by atoms with E-state index >= 15 is 0 Å². The Morgan fingerprint density at radius 2 is 2.00 bits per heavy atom. The van der Waals surface area contributed by atoms with E-state index in [9.17, 15) is 14.7 Å². The van der Waals surface area contributed by atoms with E-state index in [0.717, 1.165) is 6.54 Å². The van der Waals surface area contributed by atoms with Crippen molar-refractivity contribution in [2.75, 3.05) is 41.4 Å². The Morgan fingerprint density at radius 3 is 2.60 bits per heavy atom. The highest BCUT2D eigenvalue weighted by Gasteiger charge is 2.45. The Morgan fingerprint density at radius 1 is 1.23 bits per heavy atom. The number of ketones is 1. The molecule has 2 heterocycles. The van der Waals surface area contributed by atoms with Crippen molar-refractivity contribution in [2.24, 2.45) is 0 Å². The van der Waals surface area contributed by atoms with Crippen molar-refractivity contribution < 1.29 is 24.2 Å². The largest absolute Gasteiger partial charge is 0.503 e. The summed E-state index contributed by atoms with van der Waals surface area (Å²) in [5.41, 5.74) is 0.665. The summed E-state index contributed by atoms with van der Waals surface area (Å²) in [5, 5.41) is 12.5. The van der Waals surface area contributed by atoms with Crippen LogP contribution in [0.2, 0.25) is 0 Å². The lowest BCUT2D eigenvalue weighted by molar-refractivity contribution is -0.129. The second-order valence-electron chi connectivity index (χ2n) is 7.23. The van der Waals surface area contributed by atoms with Crippen LogP contribution in [0.1, 0.15) is 27.7 Å². The maximum atomic E-state index is 13.3. The monoisotopic (exact) mass is 430 g/mol. The van der Waals surface area contributed by atoms with Gasteiger partial charge in [-0.05, 0) is 56.7 Å². The van der Waals surface area contributed by atoms with Gasteiger partial charge in [0.15, 0.2) is 5.76 Å². The van der Waals surface area contributed by atoms with Gasteiger partial charge in [0.25, 0.3) is 5.91 Å². The van der Waals surface area contributed by atoms with E-state index in [1.54, 1.807) is 42.8 Å². The first-order valence-electron chi connectivity index (χ1n) is 9.58. The number of carbonyl (C=O) groups is 2. The van der Waals surface area contributed by atoms with Gasteiger partial charge in [0.05, 0.1) is 30.7 Å². The summed E-state index contributed by atoms with van der Waals surface area (Å²) in [4.78, 5) is 30.3. The number of hydrogen-bond donors (Lipinski definition) is 1. The second kappa shape index (κ2) is 9.32. The summed E-state index contributed by atoms with van der Waals surface area (Å²) in [7, 11) is 6.99. The van der Waals surface area contributed by atoms with Crippen molar-refractivity contribution in [1.82, 2.24) is 9.80 Å². The molecule has 0 fully saturated rings. The van der Waals surface area contributed by atoms with E-state index in [-0.39, 0.29) is 11.4 Å². The Balaban J connectivity index is 2.10. The van der Waals surface area contributed by atoms with E-state index in [4.69, 9.17) is 9.47 Å². The first-order valence-corrected chi connectivity index (χ1v) is 10.5. The van der Waals surface area contributed by atoms with E-state index in [1.807, 2.05) is 19.0 Å². The summed E-state index contributed by atoms with van der Waals surface area (Å²) < 4.78 is 10.9. The van der Waals surface area contributed by atoms with Gasteiger partial charge >= 0.3 is 0 Å². The number of nitrogens with zero attached hydrogens (tertiary/aromatic N) is 2. The fourth-order valence-electron chi connectivity index (χ4n) is 3.59. The summed E-state index contributed by atoms with van der Waals surface area (Å²) in [6.07, 6.45) is 0.690. The molecule has 8 heteroatoms. The topological polar surface area (TPSA) is 79.3 Å². The predicted molar refractivity (Wildman–Crippen MR) is 115 cm³/mol. The van der Waals surface area contributed by atoms with Crippen LogP contribution in [0, 0.1) is 0 Å². The van der Waals surface area contributed by atoms with Gasteiger partial charge in [-0.15, -0.1) is 11.3 Å². The van der Waals surface area contributed by atoms with Gasteiger partial charge in [0.1, 0.15) is 11.5 Å². The van der Waals surface area contributed by atoms with Crippen molar-refractivity contribution in [1.29, 1.82) is 0 Å². The number of thiophene rings is 1. The molecule has 1 aliphatic heterocycles. The highest BCUT2D eigenvalue weighted by Crippen LogP contribution is 2.43. The molecular formula is C22H26N2O5S. The number of aliphatic hydroxyl groups is 1. The standard InChI is InChI=1S/C22H26N2O5S/c1-23(2)10-6-11-24-19(15-13-14(28-3)8-9-16(15)29-4)18(21(26)22(24)27)20(25)17-7-5-12-30-17/h5,7-9,12-13,19,26H,6,10-11H2,1-4H3. The lowest BCUT2D eigenvalue weighted by Crippen LogP contribution is -2.33. The highest BCUT2D eigenvalue weighted by molar-refractivity contribution is 7.12. The third-order valence-electron chi connectivity index (χ3n) is 5.03. The molecule has 0 radical (unpaired) electrons. The van der Waals surface area contributed by atoms with Gasteiger partial charge in [0, 0.05) is 12.1 Å². The molecule has 2 aromatic rings. The SMILES string of the molecule is COc1ccc(OC)c(C2C(C(=O)c3cccs3)=C(O)C(=O)N2CCCN(C)C)c1. The summed E-state index contributed by atoms with van der Waals surface area (Å²) in [6, 6.07) is 7.92. The zero-order chi connectivity index (χ0) is 21.8. The van der Waals surface area contributed by atoms with E-state index in [2.05, 4.69) is 0 Å². The first-order chi connectivity index (χ1) is 14.4. The number of carbonyl (C=O) groups excluding carboxylic acids is 2. The van der Waals surface area contributed by atoms with Crippen LogP contribution in [0.3, 0.4) is 0 Å². The molecule has 1 aromatic carbocycles. The van der Waals surface area contributed by atoms with E-state index in [0.29, 0.717) is 34.9 Å². The van der Waals surface area contributed by atoms with Crippen molar-refractivity contribution in [3.05, 3.63) is 57.5 Å². The quantitative estimate of drug-likeness (QED) is 0.615. The van der Waals surface area contributed by atoms with Crippen molar-refractivity contribution in [3.8, 4) is 11.5 Å². The van der Waals surface area contributed by atoms with Crippen molar-refractivity contribution in [2.45, 2.75) is 12.5 Å². The second-order valence-corrected chi connectivity index (χ2v) is 8.18. The normalized spacial score (nSPS) is 16.5.